The van der Waals surface area contributed by atoms with Crippen molar-refractivity contribution in [3.05, 3.63) is 59.2 Å². The number of thiocarbonyl (C=S) groups is 1. The molecule has 2 aromatic carbocycles. The number of aromatic hydroxyl groups is 1. The van der Waals surface area contributed by atoms with Crippen LogP contribution in [0.5, 0.6) is 5.75 Å². The molecule has 0 unspecified atom stereocenters. The highest BCUT2D eigenvalue weighted by atomic mass is 32.1. The van der Waals surface area contributed by atoms with E-state index in [1.165, 1.54) is 11.8 Å². The Labute approximate surface area is 142 Å². The number of rotatable bonds is 4. The summed E-state index contributed by atoms with van der Waals surface area (Å²) in [6, 6.07) is 13.2. The number of hydrogen-bond acceptors (Lipinski definition) is 3. The maximum atomic E-state index is 9.67. The molecule has 0 fully saturated rings. The number of aryl methyl sites for hydroxylation is 1. The topological polar surface area (TPSA) is 56.7 Å². The van der Waals surface area contributed by atoms with Gasteiger partial charge in [0.15, 0.2) is 5.11 Å². The van der Waals surface area contributed by atoms with Crippen molar-refractivity contribution in [2.75, 3.05) is 5.32 Å². The Morgan fingerprint density at radius 2 is 1.96 bits per heavy atom. The average Bonchev–Trinajstić information content (AvgIpc) is 2.49. The standard InChI is InChI=1S/C18H21N3OS/c1-12(2)15-9-8-13(3)10-16(15)20-18(23)21-19-11-14-6-4-5-7-17(14)22/h4-12,22H,1-3H3,(H2,20,21,23). The molecular weight excluding hydrogens is 306 g/mol. The third-order valence-electron chi connectivity index (χ3n) is 3.39. The molecule has 0 aliphatic carbocycles. The Bertz CT molecular complexity index is 726. The van der Waals surface area contributed by atoms with Gasteiger partial charge in [0.1, 0.15) is 5.75 Å². The van der Waals surface area contributed by atoms with Crippen molar-refractivity contribution in [3.8, 4) is 5.75 Å². The molecule has 0 heterocycles. The quantitative estimate of drug-likeness (QED) is 0.449. The van der Waals surface area contributed by atoms with E-state index in [1.54, 1.807) is 18.2 Å². The Morgan fingerprint density at radius 1 is 1.22 bits per heavy atom. The fraction of sp³-hybridized carbons (Fsp3) is 0.222. The number of nitrogens with zero attached hydrogens (tertiary/aromatic N) is 1. The first-order chi connectivity index (χ1) is 11.0. The zero-order valence-corrected chi connectivity index (χ0v) is 14.3. The third kappa shape index (κ3) is 4.79. The molecule has 4 nitrogen and oxygen atoms in total. The van der Waals surface area contributed by atoms with Crippen LogP contribution >= 0.6 is 12.2 Å². The maximum Gasteiger partial charge on any atom is 0.191 e. The molecule has 0 saturated carbocycles. The van der Waals surface area contributed by atoms with Crippen molar-refractivity contribution in [3.63, 3.8) is 0 Å². The summed E-state index contributed by atoms with van der Waals surface area (Å²) in [6.07, 6.45) is 1.53. The van der Waals surface area contributed by atoms with E-state index >= 15 is 0 Å². The molecule has 2 rings (SSSR count). The lowest BCUT2D eigenvalue weighted by molar-refractivity contribution is 0.474. The second-order valence-electron chi connectivity index (χ2n) is 5.63. The summed E-state index contributed by atoms with van der Waals surface area (Å²) in [5.74, 6) is 0.573. The average molecular weight is 327 g/mol. The minimum atomic E-state index is 0.178. The maximum absolute atomic E-state index is 9.67. The van der Waals surface area contributed by atoms with Gasteiger partial charge >= 0.3 is 0 Å². The number of benzene rings is 2. The van der Waals surface area contributed by atoms with Gasteiger partial charge in [0.25, 0.3) is 0 Å². The molecule has 0 spiro atoms. The summed E-state index contributed by atoms with van der Waals surface area (Å²) in [4.78, 5) is 0. The number of para-hydroxylation sites is 1. The summed E-state index contributed by atoms with van der Waals surface area (Å²) in [5, 5.41) is 17.3. The van der Waals surface area contributed by atoms with Crippen molar-refractivity contribution < 1.29 is 5.11 Å². The van der Waals surface area contributed by atoms with Gasteiger partial charge in [-0.3, -0.25) is 5.43 Å². The van der Waals surface area contributed by atoms with Crippen LogP contribution in [0.2, 0.25) is 0 Å². The number of anilines is 1. The molecule has 120 valence electrons. The smallest absolute Gasteiger partial charge is 0.191 e. The first-order valence-corrected chi connectivity index (χ1v) is 7.87. The fourth-order valence-electron chi connectivity index (χ4n) is 2.19. The van der Waals surface area contributed by atoms with E-state index in [4.69, 9.17) is 12.2 Å². The van der Waals surface area contributed by atoms with Crippen LogP contribution in [0.3, 0.4) is 0 Å². The van der Waals surface area contributed by atoms with Crippen LogP contribution < -0.4 is 10.7 Å². The van der Waals surface area contributed by atoms with Crippen molar-refractivity contribution >= 4 is 29.2 Å². The van der Waals surface area contributed by atoms with E-state index in [0.29, 0.717) is 16.6 Å². The molecule has 2 aromatic rings. The molecule has 3 N–H and O–H groups in total. The Hall–Kier alpha value is -2.40. The zero-order valence-electron chi connectivity index (χ0n) is 13.5. The number of nitrogens with one attached hydrogen (secondary N) is 2. The zero-order chi connectivity index (χ0) is 16.8. The van der Waals surface area contributed by atoms with E-state index < -0.39 is 0 Å². The number of phenols is 1. The molecule has 0 atom stereocenters. The number of hydrogen-bond donors (Lipinski definition) is 3. The van der Waals surface area contributed by atoms with Crippen LogP contribution in [-0.2, 0) is 0 Å². The molecule has 0 bridgehead atoms. The van der Waals surface area contributed by atoms with Gasteiger partial charge in [0.05, 0.1) is 6.21 Å². The lowest BCUT2D eigenvalue weighted by Crippen LogP contribution is -2.24. The van der Waals surface area contributed by atoms with Crippen LogP contribution in [0.25, 0.3) is 0 Å². The van der Waals surface area contributed by atoms with E-state index in [0.717, 1.165) is 11.3 Å². The normalized spacial score (nSPS) is 11.0. The Balaban J connectivity index is 2.03. The van der Waals surface area contributed by atoms with Gasteiger partial charge < -0.3 is 10.4 Å². The molecule has 0 aliphatic rings. The van der Waals surface area contributed by atoms with E-state index in [1.807, 2.05) is 13.0 Å². The minimum Gasteiger partial charge on any atom is -0.507 e. The van der Waals surface area contributed by atoms with E-state index in [9.17, 15) is 5.11 Å². The second kappa shape index (κ2) is 7.74. The molecular formula is C18H21N3OS. The van der Waals surface area contributed by atoms with Crippen molar-refractivity contribution in [2.24, 2.45) is 5.10 Å². The molecule has 0 amide bonds. The van der Waals surface area contributed by atoms with Crippen LogP contribution in [0.4, 0.5) is 5.69 Å². The number of hydrazone groups is 1. The van der Waals surface area contributed by atoms with Crippen LogP contribution in [0.1, 0.15) is 36.5 Å². The van der Waals surface area contributed by atoms with Crippen LogP contribution in [0, 0.1) is 6.92 Å². The molecule has 0 aliphatic heterocycles. The summed E-state index contributed by atoms with van der Waals surface area (Å²) >= 11 is 5.28. The first kappa shape index (κ1) is 17.0. The highest BCUT2D eigenvalue weighted by Crippen LogP contribution is 2.25. The van der Waals surface area contributed by atoms with Crippen molar-refractivity contribution in [1.29, 1.82) is 0 Å². The van der Waals surface area contributed by atoms with E-state index in [-0.39, 0.29) is 5.75 Å². The lowest BCUT2D eigenvalue weighted by Gasteiger charge is -2.15. The summed E-state index contributed by atoms with van der Waals surface area (Å²) in [5.41, 5.74) is 6.74. The Kier molecular flexibility index (Phi) is 5.71. The highest BCUT2D eigenvalue weighted by Gasteiger charge is 2.08. The Morgan fingerprint density at radius 3 is 2.65 bits per heavy atom. The third-order valence-corrected chi connectivity index (χ3v) is 3.58. The van der Waals surface area contributed by atoms with Gasteiger partial charge in [-0.1, -0.05) is 38.1 Å². The summed E-state index contributed by atoms with van der Waals surface area (Å²) in [6.45, 7) is 6.33. The van der Waals surface area contributed by atoms with Crippen LogP contribution in [0.15, 0.2) is 47.6 Å². The van der Waals surface area contributed by atoms with Crippen LogP contribution in [-0.4, -0.2) is 16.4 Å². The second-order valence-corrected chi connectivity index (χ2v) is 6.04. The SMILES string of the molecule is Cc1ccc(C(C)C)c(NC(=S)NN=Cc2ccccc2O)c1. The largest absolute Gasteiger partial charge is 0.507 e. The van der Waals surface area contributed by atoms with Gasteiger partial charge in [-0.2, -0.15) is 5.10 Å². The van der Waals surface area contributed by atoms with Crippen molar-refractivity contribution in [2.45, 2.75) is 26.7 Å². The highest BCUT2D eigenvalue weighted by molar-refractivity contribution is 7.80. The van der Waals surface area contributed by atoms with Gasteiger partial charge in [-0.15, -0.1) is 0 Å². The van der Waals surface area contributed by atoms with Crippen molar-refractivity contribution in [1.82, 2.24) is 5.43 Å². The minimum absolute atomic E-state index is 0.178. The first-order valence-electron chi connectivity index (χ1n) is 7.46. The predicted octanol–water partition coefficient (Wildman–Crippen LogP) is 4.14. The monoisotopic (exact) mass is 327 g/mol. The molecule has 23 heavy (non-hydrogen) atoms. The molecule has 0 saturated heterocycles. The van der Waals surface area contributed by atoms with Gasteiger partial charge in [0, 0.05) is 11.3 Å². The fourth-order valence-corrected chi connectivity index (χ4v) is 2.35. The van der Waals surface area contributed by atoms with E-state index in [2.05, 4.69) is 47.9 Å². The summed E-state index contributed by atoms with van der Waals surface area (Å²) in [7, 11) is 0. The van der Waals surface area contributed by atoms with Gasteiger partial charge in [-0.05, 0) is 54.4 Å². The lowest BCUT2D eigenvalue weighted by atomic mass is 9.99. The number of phenolic OH excluding ortho intramolecular Hbond substituents is 1. The van der Waals surface area contributed by atoms with Gasteiger partial charge in [0.2, 0.25) is 0 Å². The summed E-state index contributed by atoms with van der Waals surface area (Å²) < 4.78 is 0. The predicted molar refractivity (Wildman–Crippen MR) is 100 cm³/mol. The molecule has 0 aromatic heterocycles. The molecule has 0 radical (unpaired) electrons. The van der Waals surface area contributed by atoms with Gasteiger partial charge in [-0.25, -0.2) is 0 Å². The molecule has 5 heteroatoms.